The highest BCUT2D eigenvalue weighted by Gasteiger charge is 2.28. The first-order chi connectivity index (χ1) is 14.9. The van der Waals surface area contributed by atoms with Crippen molar-refractivity contribution in [1.82, 2.24) is 15.3 Å². The smallest absolute Gasteiger partial charge is 0.143 e. The minimum atomic E-state index is -0.0627. The normalized spacial score (nSPS) is 22.9. The first-order valence-electron chi connectivity index (χ1n) is 11.1. The SMILES string of the molecule is CC1(C)C[C@@H](CNc2cccc(-c3cc(CC(=O)[C@@H]4CCNC4)ncc3Cl)n2)CCO1. The molecule has 0 saturated carbocycles. The third kappa shape index (κ3) is 5.82. The molecular weight excluding hydrogens is 412 g/mol. The average Bonchev–Trinajstić information content (AvgIpc) is 3.28. The van der Waals surface area contributed by atoms with Gasteiger partial charge in [-0.25, -0.2) is 4.98 Å². The lowest BCUT2D eigenvalue weighted by atomic mass is 9.88. The number of carbonyl (C=O) groups is 1. The molecule has 0 spiro atoms. The fourth-order valence-corrected chi connectivity index (χ4v) is 4.69. The summed E-state index contributed by atoms with van der Waals surface area (Å²) in [4.78, 5) is 21.7. The number of pyridine rings is 2. The van der Waals surface area contributed by atoms with Crippen molar-refractivity contribution in [2.75, 3.05) is 31.6 Å². The fraction of sp³-hybridized carbons (Fsp3) is 0.542. The number of anilines is 1. The van der Waals surface area contributed by atoms with Gasteiger partial charge < -0.3 is 15.4 Å². The first kappa shape index (κ1) is 22.2. The van der Waals surface area contributed by atoms with Gasteiger partial charge in [-0.1, -0.05) is 17.7 Å². The second-order valence-electron chi connectivity index (χ2n) is 9.24. The maximum Gasteiger partial charge on any atom is 0.143 e. The van der Waals surface area contributed by atoms with Gasteiger partial charge in [-0.2, -0.15) is 0 Å². The molecule has 6 nitrogen and oxygen atoms in total. The minimum absolute atomic E-state index is 0.0627. The zero-order valence-electron chi connectivity index (χ0n) is 18.3. The van der Waals surface area contributed by atoms with Crippen LogP contribution in [0.25, 0.3) is 11.3 Å². The van der Waals surface area contributed by atoms with Crippen molar-refractivity contribution >= 4 is 23.2 Å². The summed E-state index contributed by atoms with van der Waals surface area (Å²) >= 11 is 6.45. The van der Waals surface area contributed by atoms with Gasteiger partial charge in [-0.15, -0.1) is 0 Å². The second kappa shape index (κ2) is 9.63. The van der Waals surface area contributed by atoms with E-state index in [1.54, 1.807) is 6.20 Å². The van der Waals surface area contributed by atoms with Crippen molar-refractivity contribution in [2.45, 2.75) is 45.1 Å². The van der Waals surface area contributed by atoms with Gasteiger partial charge in [-0.05, 0) is 63.8 Å². The topological polar surface area (TPSA) is 76.1 Å². The number of hydrogen-bond acceptors (Lipinski definition) is 6. The predicted molar refractivity (Wildman–Crippen MR) is 123 cm³/mol. The van der Waals surface area contributed by atoms with Gasteiger partial charge in [-0.3, -0.25) is 9.78 Å². The van der Waals surface area contributed by atoms with E-state index in [1.807, 2.05) is 24.3 Å². The number of ether oxygens (including phenoxy) is 1. The van der Waals surface area contributed by atoms with E-state index in [0.717, 1.165) is 68.3 Å². The Balaban J connectivity index is 1.44. The highest BCUT2D eigenvalue weighted by molar-refractivity contribution is 6.33. The van der Waals surface area contributed by atoms with E-state index in [9.17, 15) is 4.79 Å². The third-order valence-electron chi connectivity index (χ3n) is 6.18. The lowest BCUT2D eigenvalue weighted by molar-refractivity contribution is -0.121. The van der Waals surface area contributed by atoms with E-state index >= 15 is 0 Å². The number of halogens is 1. The molecule has 0 aromatic carbocycles. The molecule has 2 aromatic heterocycles. The number of aromatic nitrogens is 2. The Hall–Kier alpha value is -2.02. The summed E-state index contributed by atoms with van der Waals surface area (Å²) in [6.45, 7) is 7.63. The molecule has 2 fully saturated rings. The highest BCUT2D eigenvalue weighted by atomic mass is 35.5. The zero-order valence-corrected chi connectivity index (χ0v) is 19.0. The molecule has 2 saturated heterocycles. The summed E-state index contributed by atoms with van der Waals surface area (Å²) in [6.07, 6.45) is 4.94. The van der Waals surface area contributed by atoms with E-state index in [1.165, 1.54) is 0 Å². The Morgan fingerprint density at radius 3 is 3.00 bits per heavy atom. The predicted octanol–water partition coefficient (Wildman–Crippen LogP) is 4.14. The Bertz CT molecular complexity index is 928. The maximum absolute atomic E-state index is 12.5. The molecule has 2 aromatic rings. The van der Waals surface area contributed by atoms with Crippen molar-refractivity contribution in [3.8, 4) is 11.3 Å². The number of rotatable bonds is 7. The van der Waals surface area contributed by atoms with Crippen LogP contribution in [0.3, 0.4) is 0 Å². The molecule has 4 heterocycles. The standard InChI is InChI=1S/C24H31ClN4O2/c1-24(2)12-16(7-9-31-24)13-28-23-5-3-4-21(29-23)19-10-18(27-15-20(19)25)11-22(30)17-6-8-26-14-17/h3-5,10,15-17,26H,6-9,11-14H2,1-2H3,(H,28,29)/t16-,17+/m0/s1. The Kier molecular flexibility index (Phi) is 6.89. The molecule has 0 bridgehead atoms. The van der Waals surface area contributed by atoms with Crippen LogP contribution in [-0.2, 0) is 16.0 Å². The number of nitrogens with zero attached hydrogens (tertiary/aromatic N) is 2. The summed E-state index contributed by atoms with van der Waals surface area (Å²) in [5.74, 6) is 1.70. The van der Waals surface area contributed by atoms with Gasteiger partial charge in [0.15, 0.2) is 0 Å². The molecule has 31 heavy (non-hydrogen) atoms. The summed E-state index contributed by atoms with van der Waals surface area (Å²) in [5.41, 5.74) is 2.26. The molecule has 4 rings (SSSR count). The molecule has 0 radical (unpaired) electrons. The van der Waals surface area contributed by atoms with Gasteiger partial charge >= 0.3 is 0 Å². The molecular formula is C24H31ClN4O2. The van der Waals surface area contributed by atoms with Crippen LogP contribution < -0.4 is 10.6 Å². The van der Waals surface area contributed by atoms with Crippen LogP contribution in [0.15, 0.2) is 30.5 Å². The van der Waals surface area contributed by atoms with Crippen molar-refractivity contribution < 1.29 is 9.53 Å². The number of carbonyl (C=O) groups excluding carboxylic acids is 1. The van der Waals surface area contributed by atoms with Crippen molar-refractivity contribution in [2.24, 2.45) is 11.8 Å². The van der Waals surface area contributed by atoms with Crippen molar-refractivity contribution in [1.29, 1.82) is 0 Å². The lowest BCUT2D eigenvalue weighted by Crippen LogP contribution is -2.36. The zero-order chi connectivity index (χ0) is 21.8. The molecule has 0 unspecified atom stereocenters. The van der Waals surface area contributed by atoms with Crippen LogP contribution in [0.5, 0.6) is 0 Å². The average molecular weight is 443 g/mol. The van der Waals surface area contributed by atoms with E-state index in [-0.39, 0.29) is 17.3 Å². The molecule has 166 valence electrons. The summed E-state index contributed by atoms with van der Waals surface area (Å²) < 4.78 is 5.82. The lowest BCUT2D eigenvalue weighted by Gasteiger charge is -2.35. The van der Waals surface area contributed by atoms with Gasteiger partial charge in [0, 0.05) is 49.5 Å². The Morgan fingerprint density at radius 2 is 2.23 bits per heavy atom. The van der Waals surface area contributed by atoms with Crippen LogP contribution in [-0.4, -0.2) is 47.6 Å². The molecule has 2 N–H and O–H groups in total. The highest BCUT2D eigenvalue weighted by Crippen LogP contribution is 2.30. The Labute approximate surface area is 189 Å². The molecule has 2 atom stereocenters. The largest absolute Gasteiger partial charge is 0.376 e. The van der Waals surface area contributed by atoms with Crippen LogP contribution in [0.4, 0.5) is 5.82 Å². The van der Waals surface area contributed by atoms with E-state index < -0.39 is 0 Å². The van der Waals surface area contributed by atoms with E-state index in [0.29, 0.717) is 17.4 Å². The molecule has 2 aliphatic heterocycles. The summed E-state index contributed by atoms with van der Waals surface area (Å²) in [6, 6.07) is 7.79. The second-order valence-corrected chi connectivity index (χ2v) is 9.65. The Morgan fingerprint density at radius 1 is 1.35 bits per heavy atom. The monoisotopic (exact) mass is 442 g/mol. The number of ketones is 1. The number of Topliss-reactive ketones (excluding diaryl/α,β-unsaturated/α-hetero) is 1. The van der Waals surface area contributed by atoms with E-state index in [2.05, 4.69) is 29.5 Å². The molecule has 7 heteroatoms. The van der Waals surface area contributed by atoms with Crippen LogP contribution in [0.1, 0.15) is 38.8 Å². The van der Waals surface area contributed by atoms with Gasteiger partial charge in [0.1, 0.15) is 11.6 Å². The minimum Gasteiger partial charge on any atom is -0.376 e. The molecule has 0 amide bonds. The van der Waals surface area contributed by atoms with Gasteiger partial charge in [0.05, 0.1) is 16.3 Å². The van der Waals surface area contributed by atoms with Crippen LogP contribution in [0, 0.1) is 11.8 Å². The van der Waals surface area contributed by atoms with E-state index in [4.69, 9.17) is 21.3 Å². The summed E-state index contributed by atoms with van der Waals surface area (Å²) in [7, 11) is 0. The number of nitrogens with one attached hydrogen (secondary N) is 2. The van der Waals surface area contributed by atoms with Crippen molar-refractivity contribution in [3.05, 3.63) is 41.2 Å². The third-order valence-corrected chi connectivity index (χ3v) is 6.48. The quantitative estimate of drug-likeness (QED) is 0.671. The number of hydrogen-bond donors (Lipinski definition) is 2. The maximum atomic E-state index is 12.5. The first-order valence-corrected chi connectivity index (χ1v) is 11.5. The van der Waals surface area contributed by atoms with Crippen LogP contribution in [0.2, 0.25) is 5.02 Å². The molecule has 2 aliphatic rings. The van der Waals surface area contributed by atoms with Crippen LogP contribution >= 0.6 is 11.6 Å². The molecule has 0 aliphatic carbocycles. The van der Waals surface area contributed by atoms with Gasteiger partial charge in [0.2, 0.25) is 0 Å². The fourth-order valence-electron chi connectivity index (χ4n) is 4.49. The summed E-state index contributed by atoms with van der Waals surface area (Å²) in [5, 5.41) is 7.26. The van der Waals surface area contributed by atoms with Crippen molar-refractivity contribution in [3.63, 3.8) is 0 Å². The van der Waals surface area contributed by atoms with Gasteiger partial charge in [0.25, 0.3) is 0 Å².